The molecule has 1 fully saturated rings. The molecule has 0 aliphatic heterocycles. The number of benzene rings is 1. The molecule has 26 heavy (non-hydrogen) atoms. The molecule has 1 amide bonds. The van der Waals surface area contributed by atoms with Gasteiger partial charge in [0.15, 0.2) is 0 Å². The molecular weight excluding hydrogens is 373 g/mol. The first kappa shape index (κ1) is 22.6. The van der Waals surface area contributed by atoms with E-state index in [1.165, 1.54) is 0 Å². The second-order valence-electron chi connectivity index (χ2n) is 7.02. The molecule has 0 radical (unpaired) electrons. The maximum Gasteiger partial charge on any atom is 0.241 e. The van der Waals surface area contributed by atoms with Gasteiger partial charge in [-0.2, -0.15) is 0 Å². The largest absolute Gasteiger partial charge is 0.378 e. The Balaban J connectivity index is 0.00000169. The predicted molar refractivity (Wildman–Crippen MR) is 109 cm³/mol. The molecule has 1 heterocycles. The van der Waals surface area contributed by atoms with Crippen LogP contribution in [0.1, 0.15) is 32.8 Å². The highest BCUT2D eigenvalue weighted by atomic mass is 35.5. The molecule has 1 saturated carbocycles. The lowest BCUT2D eigenvalue weighted by atomic mass is 9.54. The van der Waals surface area contributed by atoms with Gasteiger partial charge in [0, 0.05) is 36.6 Å². The molecule has 1 aromatic heterocycles. The number of ether oxygens (including phenoxy) is 1. The third kappa shape index (κ3) is 3.67. The number of fused-ring (bicyclic) bond motifs is 1. The van der Waals surface area contributed by atoms with Gasteiger partial charge in [-0.25, -0.2) is 0 Å². The van der Waals surface area contributed by atoms with Gasteiger partial charge < -0.3 is 15.8 Å². The zero-order valence-electron chi connectivity index (χ0n) is 15.3. The number of carbonyl (C=O) groups is 1. The summed E-state index contributed by atoms with van der Waals surface area (Å²) in [5, 5.41) is 4.05. The van der Waals surface area contributed by atoms with Gasteiger partial charge in [-0.3, -0.25) is 9.78 Å². The summed E-state index contributed by atoms with van der Waals surface area (Å²) in [4.78, 5) is 17.1. The van der Waals surface area contributed by atoms with Crippen molar-refractivity contribution in [1.29, 1.82) is 0 Å². The third-order valence-electron chi connectivity index (χ3n) is 5.39. The highest BCUT2D eigenvalue weighted by molar-refractivity contribution is 5.89. The van der Waals surface area contributed by atoms with Gasteiger partial charge >= 0.3 is 0 Å². The van der Waals surface area contributed by atoms with Crippen molar-refractivity contribution in [3.8, 4) is 0 Å². The third-order valence-corrected chi connectivity index (χ3v) is 5.39. The van der Waals surface area contributed by atoms with Gasteiger partial charge in [0.25, 0.3) is 0 Å². The minimum atomic E-state index is -0.898. The standard InChI is InChI=1S/C19H25N3O2.2ClH/c1-4-24-15-11-19(20,18(15,2)3)17(23)22-12-14-8-5-7-13-9-6-10-21-16(13)14;;/h5-10,15H,4,11-12,20H2,1-3H3,(H,22,23);2*1H. The van der Waals surface area contributed by atoms with Gasteiger partial charge in [-0.05, 0) is 18.6 Å². The SMILES string of the molecule is CCOC1CC(N)(C(=O)NCc2cccc3cccnc23)C1(C)C.Cl.Cl. The summed E-state index contributed by atoms with van der Waals surface area (Å²) >= 11 is 0. The van der Waals surface area contributed by atoms with Crippen LogP contribution in [0.15, 0.2) is 36.5 Å². The zero-order chi connectivity index (χ0) is 17.4. The second-order valence-corrected chi connectivity index (χ2v) is 7.02. The summed E-state index contributed by atoms with van der Waals surface area (Å²) in [6.07, 6.45) is 2.34. The summed E-state index contributed by atoms with van der Waals surface area (Å²) < 4.78 is 5.69. The zero-order valence-corrected chi connectivity index (χ0v) is 17.0. The number of rotatable bonds is 5. The van der Waals surface area contributed by atoms with Crippen molar-refractivity contribution in [2.75, 3.05) is 6.61 Å². The van der Waals surface area contributed by atoms with Crippen molar-refractivity contribution in [3.05, 3.63) is 42.1 Å². The molecular formula is C19H27Cl2N3O2. The molecule has 0 saturated heterocycles. The van der Waals surface area contributed by atoms with Gasteiger partial charge in [0.05, 0.1) is 11.6 Å². The average molecular weight is 400 g/mol. The first-order chi connectivity index (χ1) is 11.4. The van der Waals surface area contributed by atoms with E-state index in [1.807, 2.05) is 51.1 Å². The molecule has 1 aromatic carbocycles. The Bertz CT molecular complexity index is 764. The Morgan fingerprint density at radius 1 is 1.31 bits per heavy atom. The van der Waals surface area contributed by atoms with Crippen LogP contribution in [0.25, 0.3) is 10.9 Å². The lowest BCUT2D eigenvalue weighted by molar-refractivity contribution is -0.170. The smallest absolute Gasteiger partial charge is 0.241 e. The van der Waals surface area contributed by atoms with Gasteiger partial charge in [0.2, 0.25) is 5.91 Å². The highest BCUT2D eigenvalue weighted by Crippen LogP contribution is 2.49. The molecule has 0 spiro atoms. The van der Waals surface area contributed by atoms with Crippen LogP contribution in [0.3, 0.4) is 0 Å². The number of amides is 1. The average Bonchev–Trinajstić information content (AvgIpc) is 2.59. The quantitative estimate of drug-likeness (QED) is 0.808. The molecule has 3 rings (SSSR count). The second kappa shape index (κ2) is 8.53. The fourth-order valence-electron chi connectivity index (χ4n) is 3.46. The predicted octanol–water partition coefficient (Wildman–Crippen LogP) is 3.23. The van der Waals surface area contributed by atoms with E-state index in [-0.39, 0.29) is 42.2 Å². The van der Waals surface area contributed by atoms with Crippen LogP contribution in [0.5, 0.6) is 0 Å². The van der Waals surface area contributed by atoms with Gasteiger partial charge in [0.1, 0.15) is 5.54 Å². The van der Waals surface area contributed by atoms with Crippen LogP contribution < -0.4 is 11.1 Å². The maximum atomic E-state index is 12.7. The Morgan fingerprint density at radius 2 is 2.00 bits per heavy atom. The van der Waals surface area contributed by atoms with Crippen molar-refractivity contribution in [2.45, 2.75) is 45.4 Å². The summed E-state index contributed by atoms with van der Waals surface area (Å²) in [7, 11) is 0. The van der Waals surface area contributed by atoms with Crippen LogP contribution in [-0.2, 0) is 16.1 Å². The van der Waals surface area contributed by atoms with E-state index >= 15 is 0 Å². The topological polar surface area (TPSA) is 77.2 Å². The molecule has 1 aliphatic rings. The van der Waals surface area contributed by atoms with E-state index in [1.54, 1.807) is 6.20 Å². The molecule has 3 N–H and O–H groups in total. The van der Waals surface area contributed by atoms with Crippen molar-refractivity contribution in [2.24, 2.45) is 11.1 Å². The molecule has 7 heteroatoms. The molecule has 2 aromatic rings. The number of halogens is 2. The van der Waals surface area contributed by atoms with E-state index < -0.39 is 5.54 Å². The van der Waals surface area contributed by atoms with Crippen molar-refractivity contribution in [3.63, 3.8) is 0 Å². The first-order valence-corrected chi connectivity index (χ1v) is 8.41. The number of para-hydroxylation sites is 1. The van der Waals surface area contributed by atoms with Gasteiger partial charge in [-0.1, -0.05) is 38.1 Å². The Hall–Kier alpha value is -1.40. The van der Waals surface area contributed by atoms with E-state index in [0.717, 1.165) is 16.5 Å². The van der Waals surface area contributed by atoms with E-state index in [2.05, 4.69) is 10.3 Å². The van der Waals surface area contributed by atoms with Crippen LogP contribution in [0.2, 0.25) is 0 Å². The molecule has 2 unspecified atom stereocenters. The normalized spacial score (nSPS) is 23.3. The molecule has 0 bridgehead atoms. The summed E-state index contributed by atoms with van der Waals surface area (Å²) in [6, 6.07) is 9.89. The Morgan fingerprint density at radius 3 is 2.65 bits per heavy atom. The lowest BCUT2D eigenvalue weighted by Crippen LogP contribution is -2.75. The summed E-state index contributed by atoms with van der Waals surface area (Å²) in [5.41, 5.74) is 7.03. The monoisotopic (exact) mass is 399 g/mol. The fraction of sp³-hybridized carbons (Fsp3) is 0.474. The summed E-state index contributed by atoms with van der Waals surface area (Å²) in [6.45, 7) is 7.00. The minimum Gasteiger partial charge on any atom is -0.378 e. The lowest BCUT2D eigenvalue weighted by Gasteiger charge is -2.57. The van der Waals surface area contributed by atoms with Crippen LogP contribution >= 0.6 is 24.8 Å². The maximum absolute atomic E-state index is 12.7. The number of nitrogens with zero attached hydrogens (tertiary/aromatic N) is 1. The molecule has 2 atom stereocenters. The Kier molecular flexibility index (Phi) is 7.42. The molecule has 144 valence electrons. The van der Waals surface area contributed by atoms with Crippen molar-refractivity contribution in [1.82, 2.24) is 10.3 Å². The number of hydrogen-bond donors (Lipinski definition) is 2. The minimum absolute atomic E-state index is 0. The number of hydrogen-bond acceptors (Lipinski definition) is 4. The summed E-state index contributed by atoms with van der Waals surface area (Å²) in [5.74, 6) is -0.128. The molecule has 1 aliphatic carbocycles. The Labute approximate surface area is 166 Å². The van der Waals surface area contributed by atoms with E-state index in [0.29, 0.717) is 19.6 Å². The van der Waals surface area contributed by atoms with Crippen molar-refractivity contribution >= 4 is 41.6 Å². The van der Waals surface area contributed by atoms with Crippen molar-refractivity contribution < 1.29 is 9.53 Å². The number of nitrogens with two attached hydrogens (primary N) is 1. The number of carbonyl (C=O) groups excluding carboxylic acids is 1. The van der Waals surface area contributed by atoms with E-state index in [4.69, 9.17) is 10.5 Å². The van der Waals surface area contributed by atoms with Crippen LogP contribution in [0.4, 0.5) is 0 Å². The number of aromatic nitrogens is 1. The molecule has 5 nitrogen and oxygen atoms in total. The van der Waals surface area contributed by atoms with E-state index in [9.17, 15) is 4.79 Å². The van der Waals surface area contributed by atoms with Crippen LogP contribution in [0, 0.1) is 5.41 Å². The first-order valence-electron chi connectivity index (χ1n) is 8.41. The van der Waals surface area contributed by atoms with Gasteiger partial charge in [-0.15, -0.1) is 24.8 Å². The highest BCUT2D eigenvalue weighted by Gasteiger charge is 2.62. The number of nitrogens with one attached hydrogen (secondary N) is 1. The fourth-order valence-corrected chi connectivity index (χ4v) is 3.46. The number of pyridine rings is 1. The van der Waals surface area contributed by atoms with Crippen LogP contribution in [-0.4, -0.2) is 29.1 Å².